The maximum absolute atomic E-state index is 12.5. The van der Waals surface area contributed by atoms with Crippen molar-refractivity contribution >= 4 is 46.7 Å². The van der Waals surface area contributed by atoms with Gasteiger partial charge in [0.1, 0.15) is 0 Å². The molecule has 32 heavy (non-hydrogen) atoms. The van der Waals surface area contributed by atoms with E-state index in [1.165, 1.54) is 12.4 Å². The van der Waals surface area contributed by atoms with Crippen molar-refractivity contribution in [2.75, 3.05) is 5.32 Å². The molecule has 0 radical (unpaired) electrons. The highest BCUT2D eigenvalue weighted by molar-refractivity contribution is 6.40. The van der Waals surface area contributed by atoms with E-state index in [2.05, 4.69) is 20.6 Å². The van der Waals surface area contributed by atoms with Crippen molar-refractivity contribution in [2.45, 2.75) is 18.9 Å². The molecule has 3 rings (SSSR count). The molecule has 0 saturated heterocycles. The molecule has 3 N–H and O–H groups in total. The van der Waals surface area contributed by atoms with Crippen molar-refractivity contribution in [1.29, 1.82) is 0 Å². The number of hydrogen-bond donors (Lipinski definition) is 3. The molecule has 164 valence electrons. The van der Waals surface area contributed by atoms with Crippen LogP contribution in [0.15, 0.2) is 61.2 Å². The van der Waals surface area contributed by atoms with Gasteiger partial charge in [-0.1, -0.05) is 41.4 Å². The van der Waals surface area contributed by atoms with Gasteiger partial charge in [-0.3, -0.25) is 24.4 Å². The number of nitrogens with one attached hydrogen (secondary N) is 2. The van der Waals surface area contributed by atoms with Crippen LogP contribution in [0.4, 0.5) is 5.69 Å². The van der Waals surface area contributed by atoms with Crippen LogP contribution in [0.5, 0.6) is 0 Å². The average molecular weight is 473 g/mol. The molecule has 0 aliphatic heterocycles. The van der Waals surface area contributed by atoms with Gasteiger partial charge in [-0.2, -0.15) is 0 Å². The first-order valence-corrected chi connectivity index (χ1v) is 10.2. The van der Waals surface area contributed by atoms with Crippen molar-refractivity contribution in [3.05, 3.63) is 87.9 Å². The van der Waals surface area contributed by atoms with Gasteiger partial charge in [-0.05, 0) is 29.3 Å². The van der Waals surface area contributed by atoms with Crippen LogP contribution in [0.2, 0.25) is 10.0 Å². The molecule has 2 heterocycles. The quantitative estimate of drug-likeness (QED) is 0.456. The number of rotatable bonds is 8. The number of benzene rings is 1. The number of carboxylic acids is 1. The number of carbonyl (C=O) groups excluding carboxylic acids is 2. The standard InChI is InChI=1S/C22H18Cl2N4O4/c23-16-11-26-12-17(24)21(16)22(32)27-15-5-3-14(4-6-15)18(9-20(30)31)28-19(29)8-13-2-1-7-25-10-13/h1-7,10-12,18H,8-9H2,(H,27,32)(H,28,29)(H,30,31). The van der Waals surface area contributed by atoms with Gasteiger partial charge in [0.2, 0.25) is 5.91 Å². The Labute approximate surface area is 193 Å². The molecule has 1 atom stereocenters. The zero-order chi connectivity index (χ0) is 23.1. The van der Waals surface area contributed by atoms with E-state index in [0.29, 0.717) is 16.8 Å². The highest BCUT2D eigenvalue weighted by atomic mass is 35.5. The molecular weight excluding hydrogens is 455 g/mol. The number of pyridine rings is 2. The van der Waals surface area contributed by atoms with Gasteiger partial charge < -0.3 is 15.7 Å². The number of anilines is 1. The van der Waals surface area contributed by atoms with Crippen molar-refractivity contribution in [2.24, 2.45) is 0 Å². The summed E-state index contributed by atoms with van der Waals surface area (Å²) in [6.45, 7) is 0. The second-order valence-electron chi connectivity index (χ2n) is 6.81. The molecule has 2 aromatic heterocycles. The summed E-state index contributed by atoms with van der Waals surface area (Å²) in [5, 5.41) is 14.9. The SMILES string of the molecule is O=C(O)CC(NC(=O)Cc1cccnc1)c1ccc(NC(=O)c2c(Cl)cncc2Cl)cc1. The minimum atomic E-state index is -1.06. The molecule has 0 saturated carbocycles. The Morgan fingerprint density at radius 1 is 0.969 bits per heavy atom. The number of nitrogens with zero attached hydrogens (tertiary/aromatic N) is 2. The average Bonchev–Trinajstić information content (AvgIpc) is 2.74. The lowest BCUT2D eigenvalue weighted by Crippen LogP contribution is -2.31. The molecule has 0 bridgehead atoms. The van der Waals surface area contributed by atoms with Gasteiger partial charge in [0, 0.05) is 30.5 Å². The van der Waals surface area contributed by atoms with E-state index in [-0.39, 0.29) is 34.4 Å². The van der Waals surface area contributed by atoms with E-state index < -0.39 is 17.9 Å². The fourth-order valence-electron chi connectivity index (χ4n) is 2.98. The first-order valence-electron chi connectivity index (χ1n) is 9.44. The van der Waals surface area contributed by atoms with E-state index in [9.17, 15) is 19.5 Å². The molecule has 3 aromatic rings. The molecule has 0 aliphatic rings. The zero-order valence-corrected chi connectivity index (χ0v) is 18.1. The van der Waals surface area contributed by atoms with Crippen LogP contribution < -0.4 is 10.6 Å². The van der Waals surface area contributed by atoms with Crippen LogP contribution in [0.3, 0.4) is 0 Å². The Morgan fingerprint density at radius 3 is 2.25 bits per heavy atom. The van der Waals surface area contributed by atoms with E-state index in [1.807, 2.05) is 0 Å². The minimum Gasteiger partial charge on any atom is -0.481 e. The van der Waals surface area contributed by atoms with Crippen LogP contribution in [0, 0.1) is 0 Å². The lowest BCUT2D eigenvalue weighted by Gasteiger charge is -2.18. The van der Waals surface area contributed by atoms with Gasteiger partial charge in [0.15, 0.2) is 0 Å². The summed E-state index contributed by atoms with van der Waals surface area (Å²) in [5.41, 5.74) is 1.83. The third-order valence-corrected chi connectivity index (χ3v) is 5.03. The number of aromatic nitrogens is 2. The highest BCUT2D eigenvalue weighted by Gasteiger charge is 2.19. The smallest absolute Gasteiger partial charge is 0.305 e. The second kappa shape index (κ2) is 10.7. The van der Waals surface area contributed by atoms with E-state index >= 15 is 0 Å². The Morgan fingerprint density at radius 2 is 1.66 bits per heavy atom. The lowest BCUT2D eigenvalue weighted by molar-refractivity contribution is -0.137. The molecule has 1 unspecified atom stereocenters. The van der Waals surface area contributed by atoms with Crippen LogP contribution in [0.1, 0.15) is 33.9 Å². The van der Waals surface area contributed by atoms with Crippen LogP contribution in [-0.2, 0) is 16.0 Å². The molecule has 0 aliphatic carbocycles. The monoisotopic (exact) mass is 472 g/mol. The van der Waals surface area contributed by atoms with Crippen molar-refractivity contribution < 1.29 is 19.5 Å². The maximum Gasteiger partial charge on any atom is 0.305 e. The Kier molecular flexibility index (Phi) is 7.75. The first-order chi connectivity index (χ1) is 15.3. The number of amides is 2. The molecule has 2 amide bonds. The third kappa shape index (κ3) is 6.26. The van der Waals surface area contributed by atoms with Gasteiger partial charge in [0.05, 0.1) is 34.5 Å². The number of carbonyl (C=O) groups is 3. The van der Waals surface area contributed by atoms with E-state index in [0.717, 1.165) is 0 Å². The fraction of sp³-hybridized carbons (Fsp3) is 0.136. The summed E-state index contributed by atoms with van der Waals surface area (Å²) in [7, 11) is 0. The van der Waals surface area contributed by atoms with Crippen molar-refractivity contribution in [3.8, 4) is 0 Å². The predicted molar refractivity (Wildman–Crippen MR) is 120 cm³/mol. The number of carboxylic acid groups (broad SMARTS) is 1. The maximum atomic E-state index is 12.5. The molecule has 0 spiro atoms. The third-order valence-electron chi connectivity index (χ3n) is 4.45. The van der Waals surface area contributed by atoms with Crippen LogP contribution in [-0.4, -0.2) is 32.9 Å². The summed E-state index contributed by atoms with van der Waals surface area (Å²) in [6, 6.07) is 9.18. The number of aliphatic carboxylic acids is 1. The number of hydrogen-bond acceptors (Lipinski definition) is 5. The molecule has 8 nitrogen and oxygen atoms in total. The zero-order valence-electron chi connectivity index (χ0n) is 16.6. The van der Waals surface area contributed by atoms with Gasteiger partial charge in [-0.25, -0.2) is 0 Å². The minimum absolute atomic E-state index is 0.0750. The summed E-state index contributed by atoms with van der Waals surface area (Å²) in [6.07, 6.45) is 5.58. The van der Waals surface area contributed by atoms with Gasteiger partial charge in [-0.15, -0.1) is 0 Å². The Balaban J connectivity index is 1.71. The highest BCUT2D eigenvalue weighted by Crippen LogP contribution is 2.25. The first kappa shape index (κ1) is 23.2. The summed E-state index contributed by atoms with van der Waals surface area (Å²) >= 11 is 12.0. The summed E-state index contributed by atoms with van der Waals surface area (Å²) in [5.74, 6) is -1.90. The van der Waals surface area contributed by atoms with E-state index in [1.54, 1.807) is 48.8 Å². The molecular formula is C22H18Cl2N4O4. The van der Waals surface area contributed by atoms with Crippen molar-refractivity contribution in [1.82, 2.24) is 15.3 Å². The largest absolute Gasteiger partial charge is 0.481 e. The normalized spacial score (nSPS) is 11.4. The topological polar surface area (TPSA) is 121 Å². The predicted octanol–water partition coefficient (Wildman–Crippen LogP) is 3.91. The van der Waals surface area contributed by atoms with Crippen molar-refractivity contribution in [3.63, 3.8) is 0 Å². The Hall–Kier alpha value is -3.49. The molecule has 0 fully saturated rings. The summed E-state index contributed by atoms with van der Waals surface area (Å²) in [4.78, 5) is 44.0. The Bertz CT molecular complexity index is 1100. The van der Waals surface area contributed by atoms with E-state index in [4.69, 9.17) is 23.2 Å². The van der Waals surface area contributed by atoms with Gasteiger partial charge >= 0.3 is 5.97 Å². The van der Waals surface area contributed by atoms with Crippen LogP contribution >= 0.6 is 23.2 Å². The second-order valence-corrected chi connectivity index (χ2v) is 7.62. The summed E-state index contributed by atoms with van der Waals surface area (Å²) < 4.78 is 0. The van der Waals surface area contributed by atoms with Gasteiger partial charge in [0.25, 0.3) is 5.91 Å². The molecule has 1 aromatic carbocycles. The fourth-order valence-corrected chi connectivity index (χ4v) is 3.52. The number of halogens is 2. The lowest BCUT2D eigenvalue weighted by atomic mass is 10.0. The molecule has 10 heteroatoms. The van der Waals surface area contributed by atoms with Crippen LogP contribution in [0.25, 0.3) is 0 Å².